The Morgan fingerprint density at radius 3 is 2.14 bits per heavy atom. The molecule has 0 aromatic rings. The second kappa shape index (κ2) is 6.82. The van der Waals surface area contributed by atoms with Crippen LogP contribution in [0.2, 0.25) is 0 Å². The Bertz CT molecular complexity index is 171. The maximum atomic E-state index is 11.2. The molecule has 2 unspecified atom stereocenters. The molecule has 0 aromatic heterocycles. The van der Waals surface area contributed by atoms with Crippen molar-refractivity contribution in [2.45, 2.75) is 46.6 Å². The van der Waals surface area contributed by atoms with Crippen LogP contribution in [0.25, 0.3) is 0 Å². The summed E-state index contributed by atoms with van der Waals surface area (Å²) in [6.07, 6.45) is 1.95. The van der Waals surface area contributed by atoms with Crippen molar-refractivity contribution >= 4 is 5.91 Å². The summed E-state index contributed by atoms with van der Waals surface area (Å²) in [6, 6.07) is -0.0889. The minimum Gasteiger partial charge on any atom is -0.368 e. The van der Waals surface area contributed by atoms with Crippen LogP contribution in [0.4, 0.5) is 0 Å². The van der Waals surface area contributed by atoms with Crippen LogP contribution in [0.3, 0.4) is 0 Å². The molecule has 2 N–H and O–H groups in total. The highest BCUT2D eigenvalue weighted by Gasteiger charge is 2.21. The summed E-state index contributed by atoms with van der Waals surface area (Å²) >= 11 is 0. The average molecular weight is 200 g/mol. The van der Waals surface area contributed by atoms with Gasteiger partial charge in [-0.1, -0.05) is 34.1 Å². The molecular formula is C11H24N2O. The van der Waals surface area contributed by atoms with Gasteiger partial charge in [0.25, 0.3) is 0 Å². The highest BCUT2D eigenvalue weighted by Crippen LogP contribution is 2.09. The maximum absolute atomic E-state index is 11.2. The van der Waals surface area contributed by atoms with Crippen molar-refractivity contribution in [2.24, 2.45) is 11.7 Å². The van der Waals surface area contributed by atoms with Gasteiger partial charge < -0.3 is 5.73 Å². The molecule has 0 saturated carbocycles. The highest BCUT2D eigenvalue weighted by molar-refractivity contribution is 5.79. The first-order chi connectivity index (χ1) is 6.56. The molecule has 3 heteroatoms. The molecule has 0 aliphatic heterocycles. The Hall–Kier alpha value is -0.570. The summed E-state index contributed by atoms with van der Waals surface area (Å²) in [5.74, 6) is 0.431. The number of hydrogen-bond donors (Lipinski definition) is 1. The number of likely N-dealkylation sites (N-methyl/N-ethyl adjacent to an activating group) is 1. The number of rotatable bonds is 7. The van der Waals surface area contributed by atoms with Crippen LogP contribution in [0, 0.1) is 5.92 Å². The molecule has 0 heterocycles. The lowest BCUT2D eigenvalue weighted by Crippen LogP contribution is -2.45. The van der Waals surface area contributed by atoms with Gasteiger partial charge in [-0.15, -0.1) is 0 Å². The summed E-state index contributed by atoms with van der Waals surface area (Å²) < 4.78 is 0. The summed E-state index contributed by atoms with van der Waals surface area (Å²) in [7, 11) is 0. The van der Waals surface area contributed by atoms with E-state index in [0.717, 1.165) is 25.9 Å². The van der Waals surface area contributed by atoms with Crippen molar-refractivity contribution in [3.63, 3.8) is 0 Å². The highest BCUT2D eigenvalue weighted by atomic mass is 16.1. The molecule has 0 spiro atoms. The molecule has 84 valence electrons. The SMILES string of the molecule is CCC(C)CN(CC)C(CC)C(N)=O. The molecule has 0 fully saturated rings. The number of nitrogens with two attached hydrogens (primary N) is 1. The van der Waals surface area contributed by atoms with E-state index in [0.29, 0.717) is 5.92 Å². The molecule has 0 aliphatic rings. The average Bonchev–Trinajstić information content (AvgIpc) is 2.16. The van der Waals surface area contributed by atoms with Crippen LogP contribution < -0.4 is 5.73 Å². The standard InChI is InChI=1S/C11H24N2O/c1-5-9(4)8-13(7-3)10(6-2)11(12)14/h9-10H,5-8H2,1-4H3,(H2,12,14). The fourth-order valence-corrected chi connectivity index (χ4v) is 1.65. The van der Waals surface area contributed by atoms with E-state index in [9.17, 15) is 4.79 Å². The molecule has 14 heavy (non-hydrogen) atoms. The van der Waals surface area contributed by atoms with Gasteiger partial charge in [-0.05, 0) is 18.9 Å². The first kappa shape index (κ1) is 13.4. The van der Waals surface area contributed by atoms with E-state index < -0.39 is 0 Å². The van der Waals surface area contributed by atoms with Crippen LogP contribution in [-0.2, 0) is 4.79 Å². The number of amides is 1. The minimum absolute atomic E-state index is 0.0889. The topological polar surface area (TPSA) is 46.3 Å². The van der Waals surface area contributed by atoms with E-state index in [2.05, 4.69) is 25.7 Å². The Kier molecular flexibility index (Phi) is 6.54. The van der Waals surface area contributed by atoms with Crippen molar-refractivity contribution in [1.29, 1.82) is 0 Å². The van der Waals surface area contributed by atoms with Gasteiger partial charge in [-0.25, -0.2) is 0 Å². The fraction of sp³-hybridized carbons (Fsp3) is 0.909. The molecule has 1 amide bonds. The second-order valence-electron chi connectivity index (χ2n) is 3.93. The predicted octanol–water partition coefficient (Wildman–Crippen LogP) is 1.62. The van der Waals surface area contributed by atoms with Gasteiger partial charge in [-0.2, -0.15) is 0 Å². The third-order valence-corrected chi connectivity index (χ3v) is 2.81. The third kappa shape index (κ3) is 4.09. The summed E-state index contributed by atoms with van der Waals surface area (Å²) in [4.78, 5) is 13.4. The molecule has 3 nitrogen and oxygen atoms in total. The summed E-state index contributed by atoms with van der Waals surface area (Å²) in [5.41, 5.74) is 5.36. The van der Waals surface area contributed by atoms with Crippen molar-refractivity contribution in [3.05, 3.63) is 0 Å². The summed E-state index contributed by atoms with van der Waals surface area (Å²) in [6.45, 7) is 10.3. The van der Waals surface area contributed by atoms with E-state index in [4.69, 9.17) is 5.73 Å². The fourth-order valence-electron chi connectivity index (χ4n) is 1.65. The normalized spacial score (nSPS) is 15.5. The van der Waals surface area contributed by atoms with Gasteiger partial charge >= 0.3 is 0 Å². The number of primary amides is 1. The minimum atomic E-state index is -0.197. The molecule has 0 bridgehead atoms. The summed E-state index contributed by atoms with van der Waals surface area (Å²) in [5, 5.41) is 0. The molecule has 0 aliphatic carbocycles. The largest absolute Gasteiger partial charge is 0.368 e. The van der Waals surface area contributed by atoms with Crippen LogP contribution in [0.5, 0.6) is 0 Å². The number of nitrogens with zero attached hydrogens (tertiary/aromatic N) is 1. The number of carbonyl (C=O) groups excluding carboxylic acids is 1. The van der Waals surface area contributed by atoms with Crippen molar-refractivity contribution < 1.29 is 4.79 Å². The number of carbonyl (C=O) groups is 1. The zero-order chi connectivity index (χ0) is 11.1. The van der Waals surface area contributed by atoms with E-state index >= 15 is 0 Å². The van der Waals surface area contributed by atoms with E-state index in [1.54, 1.807) is 0 Å². The molecular weight excluding hydrogens is 176 g/mol. The Balaban J connectivity index is 4.28. The zero-order valence-corrected chi connectivity index (χ0v) is 9.92. The van der Waals surface area contributed by atoms with Crippen molar-refractivity contribution in [2.75, 3.05) is 13.1 Å². The lowest BCUT2D eigenvalue weighted by molar-refractivity contribution is -0.123. The lowest BCUT2D eigenvalue weighted by atomic mass is 10.1. The van der Waals surface area contributed by atoms with E-state index in [1.807, 2.05) is 6.92 Å². The van der Waals surface area contributed by atoms with Crippen molar-refractivity contribution in [3.8, 4) is 0 Å². The predicted molar refractivity (Wildman–Crippen MR) is 60.0 cm³/mol. The van der Waals surface area contributed by atoms with Gasteiger partial charge in [0.2, 0.25) is 5.91 Å². The smallest absolute Gasteiger partial charge is 0.234 e. The Morgan fingerprint density at radius 1 is 1.29 bits per heavy atom. The van der Waals surface area contributed by atoms with Crippen LogP contribution >= 0.6 is 0 Å². The van der Waals surface area contributed by atoms with E-state index in [1.165, 1.54) is 0 Å². The van der Waals surface area contributed by atoms with E-state index in [-0.39, 0.29) is 11.9 Å². The molecule has 0 radical (unpaired) electrons. The Morgan fingerprint density at radius 2 is 1.86 bits per heavy atom. The monoisotopic (exact) mass is 200 g/mol. The first-order valence-electron chi connectivity index (χ1n) is 5.60. The maximum Gasteiger partial charge on any atom is 0.234 e. The third-order valence-electron chi connectivity index (χ3n) is 2.81. The molecule has 0 aromatic carbocycles. The van der Waals surface area contributed by atoms with Crippen molar-refractivity contribution in [1.82, 2.24) is 4.90 Å². The van der Waals surface area contributed by atoms with Crippen LogP contribution in [-0.4, -0.2) is 29.9 Å². The quantitative estimate of drug-likeness (QED) is 0.679. The van der Waals surface area contributed by atoms with Gasteiger partial charge in [0.15, 0.2) is 0 Å². The molecule has 0 saturated heterocycles. The molecule has 2 atom stereocenters. The van der Waals surface area contributed by atoms with Crippen LogP contribution in [0.15, 0.2) is 0 Å². The van der Waals surface area contributed by atoms with Gasteiger partial charge in [0, 0.05) is 6.54 Å². The second-order valence-corrected chi connectivity index (χ2v) is 3.93. The first-order valence-corrected chi connectivity index (χ1v) is 5.60. The zero-order valence-electron chi connectivity index (χ0n) is 9.92. The Labute approximate surface area is 87.6 Å². The van der Waals surface area contributed by atoms with Gasteiger partial charge in [0.05, 0.1) is 6.04 Å². The van der Waals surface area contributed by atoms with Gasteiger partial charge in [-0.3, -0.25) is 9.69 Å². The lowest BCUT2D eigenvalue weighted by Gasteiger charge is -2.29. The molecule has 0 rings (SSSR count). The van der Waals surface area contributed by atoms with Gasteiger partial charge in [0.1, 0.15) is 0 Å². The van der Waals surface area contributed by atoms with Crippen LogP contribution in [0.1, 0.15) is 40.5 Å². The number of hydrogen-bond acceptors (Lipinski definition) is 2.